The van der Waals surface area contributed by atoms with Crippen molar-refractivity contribution in [3.63, 3.8) is 0 Å². The molecule has 0 unspecified atom stereocenters. The van der Waals surface area contributed by atoms with E-state index in [0.717, 1.165) is 5.56 Å². The van der Waals surface area contributed by atoms with Crippen LogP contribution in [0.2, 0.25) is 0 Å². The Hall–Kier alpha value is -1.84. The van der Waals surface area contributed by atoms with Crippen LogP contribution in [0, 0.1) is 5.92 Å². The maximum Gasteiger partial charge on any atom is 0.305 e. The summed E-state index contributed by atoms with van der Waals surface area (Å²) in [6.45, 7) is 2.38. The fourth-order valence-electron chi connectivity index (χ4n) is 1.63. The number of hydrogen-bond acceptors (Lipinski definition) is 3. The molecule has 0 spiro atoms. The Balaban J connectivity index is 2.27. The highest BCUT2D eigenvalue weighted by Crippen LogP contribution is 2.08. The standard InChI is InChI=1S/C14H19NO3/c1-11(9-14(17)18-2)8-13(16)15-10-12-6-4-3-5-7-12/h3-7,11H,8-10H2,1-2H3,(H,15,16)/t11-/m0/s1. The van der Waals surface area contributed by atoms with E-state index in [1.807, 2.05) is 37.3 Å². The quantitative estimate of drug-likeness (QED) is 0.783. The Bertz CT molecular complexity index is 389. The molecule has 0 aromatic heterocycles. The van der Waals surface area contributed by atoms with Crippen molar-refractivity contribution in [2.45, 2.75) is 26.3 Å². The number of carbonyl (C=O) groups excluding carboxylic acids is 2. The molecule has 1 aromatic carbocycles. The van der Waals surface area contributed by atoms with E-state index in [4.69, 9.17) is 0 Å². The van der Waals surface area contributed by atoms with Crippen molar-refractivity contribution in [2.75, 3.05) is 7.11 Å². The molecule has 4 heteroatoms. The summed E-state index contributed by atoms with van der Waals surface area (Å²) in [6.07, 6.45) is 0.608. The maximum absolute atomic E-state index is 11.6. The third kappa shape index (κ3) is 5.48. The van der Waals surface area contributed by atoms with Gasteiger partial charge in [0.15, 0.2) is 0 Å². The van der Waals surface area contributed by atoms with Crippen LogP contribution >= 0.6 is 0 Å². The third-order valence-electron chi connectivity index (χ3n) is 2.61. The zero-order chi connectivity index (χ0) is 13.4. The molecule has 0 saturated heterocycles. The second-order valence-electron chi connectivity index (χ2n) is 4.35. The fraction of sp³-hybridized carbons (Fsp3) is 0.429. The van der Waals surface area contributed by atoms with Crippen LogP contribution in [0.5, 0.6) is 0 Å². The van der Waals surface area contributed by atoms with Crippen molar-refractivity contribution in [3.05, 3.63) is 35.9 Å². The number of rotatable bonds is 6. The summed E-state index contributed by atoms with van der Waals surface area (Å²) >= 11 is 0. The second-order valence-corrected chi connectivity index (χ2v) is 4.35. The van der Waals surface area contributed by atoms with E-state index >= 15 is 0 Å². The molecule has 1 atom stereocenters. The lowest BCUT2D eigenvalue weighted by molar-refractivity contribution is -0.141. The summed E-state index contributed by atoms with van der Waals surface area (Å²) < 4.78 is 4.56. The Morgan fingerprint density at radius 2 is 1.89 bits per heavy atom. The van der Waals surface area contributed by atoms with Gasteiger partial charge in [0.2, 0.25) is 5.91 Å². The van der Waals surface area contributed by atoms with Crippen LogP contribution in [0.3, 0.4) is 0 Å². The lowest BCUT2D eigenvalue weighted by Gasteiger charge is -2.10. The Morgan fingerprint density at radius 3 is 2.50 bits per heavy atom. The highest BCUT2D eigenvalue weighted by atomic mass is 16.5. The Labute approximate surface area is 107 Å². The molecule has 1 amide bonds. The number of esters is 1. The lowest BCUT2D eigenvalue weighted by Crippen LogP contribution is -2.25. The van der Waals surface area contributed by atoms with Gasteiger partial charge in [0.05, 0.1) is 7.11 Å². The monoisotopic (exact) mass is 249 g/mol. The number of carbonyl (C=O) groups is 2. The van der Waals surface area contributed by atoms with E-state index in [-0.39, 0.29) is 24.2 Å². The van der Waals surface area contributed by atoms with Crippen molar-refractivity contribution in [1.82, 2.24) is 5.32 Å². The van der Waals surface area contributed by atoms with Gasteiger partial charge in [0, 0.05) is 19.4 Å². The van der Waals surface area contributed by atoms with E-state index in [9.17, 15) is 9.59 Å². The van der Waals surface area contributed by atoms with Crippen molar-refractivity contribution < 1.29 is 14.3 Å². The Morgan fingerprint density at radius 1 is 1.22 bits per heavy atom. The molecule has 0 saturated carbocycles. The summed E-state index contributed by atoms with van der Waals surface area (Å²) in [7, 11) is 1.35. The molecule has 1 rings (SSSR count). The lowest BCUT2D eigenvalue weighted by atomic mass is 10.0. The molecule has 0 radical (unpaired) electrons. The molecular formula is C14H19NO3. The van der Waals surface area contributed by atoms with Crippen LogP contribution in [0.25, 0.3) is 0 Å². The zero-order valence-corrected chi connectivity index (χ0v) is 10.8. The van der Waals surface area contributed by atoms with Gasteiger partial charge in [-0.15, -0.1) is 0 Å². The molecule has 0 aliphatic carbocycles. The van der Waals surface area contributed by atoms with Gasteiger partial charge in [-0.3, -0.25) is 9.59 Å². The number of benzene rings is 1. The van der Waals surface area contributed by atoms with Gasteiger partial charge >= 0.3 is 5.97 Å². The normalized spacial score (nSPS) is 11.7. The second kappa shape index (κ2) is 7.48. The van der Waals surface area contributed by atoms with Gasteiger partial charge < -0.3 is 10.1 Å². The molecule has 0 aliphatic heterocycles. The summed E-state index contributed by atoms with van der Waals surface area (Å²) in [5.74, 6) is -0.332. The van der Waals surface area contributed by atoms with Gasteiger partial charge in [-0.25, -0.2) is 0 Å². The molecule has 0 heterocycles. The predicted octanol–water partition coefficient (Wildman–Crippen LogP) is 1.89. The minimum absolute atomic E-state index is 0.00627. The van der Waals surface area contributed by atoms with Gasteiger partial charge in [0.1, 0.15) is 0 Å². The van der Waals surface area contributed by atoms with Crippen LogP contribution < -0.4 is 5.32 Å². The first-order valence-corrected chi connectivity index (χ1v) is 5.99. The largest absolute Gasteiger partial charge is 0.469 e. The highest BCUT2D eigenvalue weighted by molar-refractivity contribution is 5.77. The van der Waals surface area contributed by atoms with Gasteiger partial charge in [-0.05, 0) is 11.5 Å². The summed E-state index contributed by atoms with van der Waals surface area (Å²) in [5, 5.41) is 2.83. The van der Waals surface area contributed by atoms with Gasteiger partial charge in [0.25, 0.3) is 0 Å². The fourth-order valence-corrected chi connectivity index (χ4v) is 1.63. The molecule has 0 fully saturated rings. The van der Waals surface area contributed by atoms with E-state index in [0.29, 0.717) is 13.0 Å². The highest BCUT2D eigenvalue weighted by Gasteiger charge is 2.13. The SMILES string of the molecule is COC(=O)C[C@@H](C)CC(=O)NCc1ccccc1. The topological polar surface area (TPSA) is 55.4 Å². The average Bonchev–Trinajstić information content (AvgIpc) is 2.37. The van der Waals surface area contributed by atoms with Crippen LogP contribution in [0.15, 0.2) is 30.3 Å². The maximum atomic E-state index is 11.6. The molecule has 1 N–H and O–H groups in total. The number of nitrogens with one attached hydrogen (secondary N) is 1. The summed E-state index contributed by atoms with van der Waals surface area (Å²) in [5.41, 5.74) is 1.06. The van der Waals surface area contributed by atoms with Crippen molar-refractivity contribution in [3.8, 4) is 0 Å². The van der Waals surface area contributed by atoms with E-state index in [2.05, 4.69) is 10.1 Å². The number of ether oxygens (including phenoxy) is 1. The van der Waals surface area contributed by atoms with Crippen molar-refractivity contribution in [1.29, 1.82) is 0 Å². The smallest absolute Gasteiger partial charge is 0.305 e. The zero-order valence-electron chi connectivity index (χ0n) is 10.8. The third-order valence-corrected chi connectivity index (χ3v) is 2.61. The first-order valence-electron chi connectivity index (χ1n) is 5.99. The van der Waals surface area contributed by atoms with E-state index in [1.165, 1.54) is 7.11 Å². The van der Waals surface area contributed by atoms with Crippen molar-refractivity contribution in [2.24, 2.45) is 5.92 Å². The molecular weight excluding hydrogens is 230 g/mol. The Kier molecular flexibility index (Phi) is 5.91. The molecule has 0 aliphatic rings. The molecule has 98 valence electrons. The van der Waals surface area contributed by atoms with Crippen LogP contribution in [-0.4, -0.2) is 19.0 Å². The van der Waals surface area contributed by atoms with E-state index in [1.54, 1.807) is 0 Å². The van der Waals surface area contributed by atoms with Crippen LogP contribution in [0.1, 0.15) is 25.3 Å². The number of methoxy groups -OCH3 is 1. The van der Waals surface area contributed by atoms with Crippen LogP contribution in [0.4, 0.5) is 0 Å². The molecule has 18 heavy (non-hydrogen) atoms. The minimum atomic E-state index is -0.279. The molecule has 1 aromatic rings. The van der Waals surface area contributed by atoms with E-state index < -0.39 is 0 Å². The van der Waals surface area contributed by atoms with Gasteiger partial charge in [-0.1, -0.05) is 37.3 Å². The summed E-state index contributed by atoms with van der Waals surface area (Å²) in [6, 6.07) is 9.71. The van der Waals surface area contributed by atoms with Crippen molar-refractivity contribution >= 4 is 11.9 Å². The minimum Gasteiger partial charge on any atom is -0.469 e. The van der Waals surface area contributed by atoms with Crippen LogP contribution in [-0.2, 0) is 20.9 Å². The predicted molar refractivity (Wildman–Crippen MR) is 68.7 cm³/mol. The number of amides is 1. The van der Waals surface area contributed by atoms with Gasteiger partial charge in [-0.2, -0.15) is 0 Å². The average molecular weight is 249 g/mol. The first-order chi connectivity index (χ1) is 8.61. The summed E-state index contributed by atoms with van der Waals surface area (Å²) in [4.78, 5) is 22.7. The first kappa shape index (κ1) is 14.2. The molecule has 4 nitrogen and oxygen atoms in total. The number of hydrogen-bond donors (Lipinski definition) is 1. The molecule has 0 bridgehead atoms.